The first-order valence-electron chi connectivity index (χ1n) is 7.43. The van der Waals surface area contributed by atoms with E-state index in [1.54, 1.807) is 0 Å². The van der Waals surface area contributed by atoms with Crippen molar-refractivity contribution in [2.45, 2.75) is 50.9 Å². The summed E-state index contributed by atoms with van der Waals surface area (Å²) in [4.78, 5) is 12.4. The van der Waals surface area contributed by atoms with Crippen LogP contribution >= 0.6 is 11.3 Å². The summed E-state index contributed by atoms with van der Waals surface area (Å²) in [5.41, 5.74) is 1.38. The lowest BCUT2D eigenvalue weighted by Gasteiger charge is -2.00. The van der Waals surface area contributed by atoms with Gasteiger partial charge in [-0.25, -0.2) is 0 Å². The highest BCUT2D eigenvalue weighted by Gasteiger charge is 2.28. The van der Waals surface area contributed by atoms with Crippen LogP contribution in [0.15, 0.2) is 4.52 Å². The molecule has 0 unspecified atom stereocenters. The molecule has 2 aliphatic rings. The van der Waals surface area contributed by atoms with Gasteiger partial charge in [0.05, 0.1) is 0 Å². The maximum absolute atomic E-state index is 12.4. The largest absolute Gasteiger partial charge is 0.360 e. The van der Waals surface area contributed by atoms with E-state index < -0.39 is 0 Å². The van der Waals surface area contributed by atoms with Gasteiger partial charge in [-0.3, -0.25) is 10.1 Å². The van der Waals surface area contributed by atoms with Gasteiger partial charge in [-0.1, -0.05) is 22.9 Å². The number of nitrogens with one attached hydrogen (secondary N) is 1. The minimum Gasteiger partial charge on any atom is -0.360 e. The topological polar surface area (TPSA) is 80.9 Å². The molecular weight excluding hydrogens is 288 g/mol. The van der Waals surface area contributed by atoms with Crippen molar-refractivity contribution in [1.29, 1.82) is 0 Å². The average Bonchev–Trinajstić information content (AvgIpc) is 3.18. The predicted octanol–water partition coefficient (Wildman–Crippen LogP) is 2.92. The van der Waals surface area contributed by atoms with Gasteiger partial charge >= 0.3 is 0 Å². The van der Waals surface area contributed by atoms with Crippen LogP contribution in [0.3, 0.4) is 0 Å². The lowest BCUT2D eigenvalue weighted by molar-refractivity contribution is 0.101. The van der Waals surface area contributed by atoms with E-state index in [2.05, 4.69) is 20.7 Å². The van der Waals surface area contributed by atoms with Crippen LogP contribution in [-0.4, -0.2) is 21.3 Å². The first-order chi connectivity index (χ1) is 10.3. The van der Waals surface area contributed by atoms with Crippen molar-refractivity contribution in [3.05, 3.63) is 22.0 Å². The molecule has 4 rings (SSSR count). The van der Waals surface area contributed by atoms with Gasteiger partial charge in [0.25, 0.3) is 5.91 Å². The molecule has 1 fully saturated rings. The number of hydrogen-bond donors (Lipinski definition) is 1. The molecule has 21 heavy (non-hydrogen) atoms. The Morgan fingerprint density at radius 1 is 1.19 bits per heavy atom. The molecular formula is C14H16N4O2S. The number of aromatic nitrogens is 3. The van der Waals surface area contributed by atoms with Crippen molar-refractivity contribution in [2.24, 2.45) is 0 Å². The molecule has 0 saturated heterocycles. The number of anilines is 1. The number of aryl methyl sites for hydroxylation is 1. The van der Waals surface area contributed by atoms with Crippen LogP contribution in [0.4, 0.5) is 5.13 Å². The Bertz CT molecular complexity index is 674. The fourth-order valence-electron chi connectivity index (χ4n) is 2.68. The fraction of sp³-hybridized carbons (Fsp3) is 0.571. The SMILES string of the molecule is O=C(Nc1nnc(C2CC2)s1)c1noc2c1CCCCC2. The second-order valence-electron chi connectivity index (χ2n) is 5.67. The molecule has 0 bridgehead atoms. The Labute approximate surface area is 125 Å². The third kappa shape index (κ3) is 2.57. The summed E-state index contributed by atoms with van der Waals surface area (Å²) in [5, 5.41) is 16.5. The molecule has 1 amide bonds. The molecule has 2 aliphatic carbocycles. The zero-order valence-electron chi connectivity index (χ0n) is 11.6. The summed E-state index contributed by atoms with van der Waals surface area (Å²) in [7, 11) is 0. The maximum Gasteiger partial charge on any atom is 0.279 e. The van der Waals surface area contributed by atoms with E-state index in [1.807, 2.05) is 0 Å². The lowest BCUT2D eigenvalue weighted by Crippen LogP contribution is -2.14. The third-order valence-corrected chi connectivity index (χ3v) is 5.00. The van der Waals surface area contributed by atoms with Crippen LogP contribution in [0, 0.1) is 0 Å². The van der Waals surface area contributed by atoms with Crippen molar-refractivity contribution in [3.63, 3.8) is 0 Å². The Morgan fingerprint density at radius 2 is 2.05 bits per heavy atom. The average molecular weight is 304 g/mol. The number of fused-ring (bicyclic) bond motifs is 1. The normalized spacial score (nSPS) is 18.1. The molecule has 1 N–H and O–H groups in total. The molecule has 0 spiro atoms. The summed E-state index contributed by atoms with van der Waals surface area (Å²) >= 11 is 1.46. The number of nitrogens with zero attached hydrogens (tertiary/aromatic N) is 3. The predicted molar refractivity (Wildman–Crippen MR) is 77.6 cm³/mol. The highest BCUT2D eigenvalue weighted by molar-refractivity contribution is 7.15. The quantitative estimate of drug-likeness (QED) is 0.882. The van der Waals surface area contributed by atoms with E-state index in [9.17, 15) is 4.79 Å². The minimum absolute atomic E-state index is 0.236. The van der Waals surface area contributed by atoms with E-state index in [4.69, 9.17) is 4.52 Å². The van der Waals surface area contributed by atoms with Gasteiger partial charge in [0.1, 0.15) is 10.8 Å². The second kappa shape index (κ2) is 5.22. The van der Waals surface area contributed by atoms with E-state index >= 15 is 0 Å². The Morgan fingerprint density at radius 3 is 2.90 bits per heavy atom. The Balaban J connectivity index is 1.52. The fourth-order valence-corrected chi connectivity index (χ4v) is 3.58. The van der Waals surface area contributed by atoms with Gasteiger partial charge in [-0.2, -0.15) is 0 Å². The van der Waals surface area contributed by atoms with E-state index in [-0.39, 0.29) is 5.91 Å². The van der Waals surface area contributed by atoms with Crippen molar-refractivity contribution >= 4 is 22.4 Å². The van der Waals surface area contributed by atoms with E-state index in [0.29, 0.717) is 16.7 Å². The molecule has 2 aromatic rings. The van der Waals surface area contributed by atoms with Gasteiger partial charge < -0.3 is 4.52 Å². The number of amides is 1. The van der Waals surface area contributed by atoms with Gasteiger partial charge in [0.2, 0.25) is 5.13 Å². The first kappa shape index (κ1) is 12.9. The van der Waals surface area contributed by atoms with Crippen LogP contribution < -0.4 is 5.32 Å². The second-order valence-corrected chi connectivity index (χ2v) is 6.68. The van der Waals surface area contributed by atoms with E-state index in [0.717, 1.165) is 42.0 Å². The Kier molecular flexibility index (Phi) is 3.21. The smallest absolute Gasteiger partial charge is 0.279 e. The monoisotopic (exact) mass is 304 g/mol. The Hall–Kier alpha value is -1.76. The molecule has 0 atom stereocenters. The maximum atomic E-state index is 12.4. The van der Waals surface area contributed by atoms with Crippen molar-refractivity contribution in [2.75, 3.05) is 5.32 Å². The molecule has 2 heterocycles. The van der Waals surface area contributed by atoms with Crippen LogP contribution in [0.2, 0.25) is 0 Å². The van der Waals surface area contributed by atoms with Gasteiger partial charge in [0, 0.05) is 17.9 Å². The number of rotatable bonds is 3. The number of carbonyl (C=O) groups excluding carboxylic acids is 1. The highest BCUT2D eigenvalue weighted by Crippen LogP contribution is 2.42. The molecule has 6 nitrogen and oxygen atoms in total. The van der Waals surface area contributed by atoms with Gasteiger partial charge in [-0.15, -0.1) is 10.2 Å². The minimum atomic E-state index is -0.236. The lowest BCUT2D eigenvalue weighted by atomic mass is 10.1. The molecule has 1 saturated carbocycles. The standard InChI is InChI=1S/C14H16N4O2S/c19-12(15-14-17-16-13(21-14)8-6-7-8)11-9-4-2-1-3-5-10(9)20-18-11/h8H,1-7H2,(H,15,17,19). The highest BCUT2D eigenvalue weighted by atomic mass is 32.1. The molecule has 0 aromatic carbocycles. The van der Waals surface area contributed by atoms with Crippen LogP contribution in [0.1, 0.15) is 64.8 Å². The number of hydrogen-bond acceptors (Lipinski definition) is 6. The summed E-state index contributed by atoms with van der Waals surface area (Å²) in [5.74, 6) is 1.19. The first-order valence-corrected chi connectivity index (χ1v) is 8.25. The van der Waals surface area contributed by atoms with Crippen LogP contribution in [-0.2, 0) is 12.8 Å². The summed E-state index contributed by atoms with van der Waals surface area (Å²) in [6.07, 6.45) is 7.46. The van der Waals surface area contributed by atoms with Crippen LogP contribution in [0.25, 0.3) is 0 Å². The zero-order valence-corrected chi connectivity index (χ0v) is 12.4. The molecule has 0 aliphatic heterocycles. The third-order valence-electron chi connectivity index (χ3n) is 4.00. The molecule has 0 radical (unpaired) electrons. The van der Waals surface area contributed by atoms with Gasteiger partial charge in [-0.05, 0) is 32.1 Å². The zero-order chi connectivity index (χ0) is 14.2. The molecule has 7 heteroatoms. The van der Waals surface area contributed by atoms with Crippen molar-refractivity contribution in [3.8, 4) is 0 Å². The summed E-state index contributed by atoms with van der Waals surface area (Å²) < 4.78 is 5.34. The summed E-state index contributed by atoms with van der Waals surface area (Å²) in [6, 6.07) is 0. The molecule has 110 valence electrons. The van der Waals surface area contributed by atoms with Crippen LogP contribution in [0.5, 0.6) is 0 Å². The van der Waals surface area contributed by atoms with Crippen molar-refractivity contribution in [1.82, 2.24) is 15.4 Å². The molecule has 2 aromatic heterocycles. The van der Waals surface area contributed by atoms with Gasteiger partial charge in [0.15, 0.2) is 5.69 Å². The summed E-state index contributed by atoms with van der Waals surface area (Å²) in [6.45, 7) is 0. The van der Waals surface area contributed by atoms with E-state index in [1.165, 1.54) is 30.6 Å². The number of carbonyl (C=O) groups is 1. The van der Waals surface area contributed by atoms with Crippen molar-refractivity contribution < 1.29 is 9.32 Å².